The average Bonchev–Trinajstić information content (AvgIpc) is 2.90. The SMILES string of the molecule is COc1ccc(C(NC(=O)c2sccc2C)C(C)C)cc1. The van der Waals surface area contributed by atoms with Crippen LogP contribution in [0.2, 0.25) is 0 Å². The van der Waals surface area contributed by atoms with Crippen LogP contribution in [-0.2, 0) is 0 Å². The van der Waals surface area contributed by atoms with Crippen LogP contribution in [0.25, 0.3) is 0 Å². The summed E-state index contributed by atoms with van der Waals surface area (Å²) in [5.74, 6) is 1.13. The second kappa shape index (κ2) is 6.76. The van der Waals surface area contributed by atoms with Crippen molar-refractivity contribution in [2.24, 2.45) is 5.92 Å². The van der Waals surface area contributed by atoms with Gasteiger partial charge in [-0.25, -0.2) is 0 Å². The molecular weight excluding hydrogens is 282 g/mol. The van der Waals surface area contributed by atoms with Gasteiger partial charge in [-0.2, -0.15) is 0 Å². The Morgan fingerprint density at radius 1 is 1.19 bits per heavy atom. The van der Waals surface area contributed by atoms with Gasteiger partial charge in [0.05, 0.1) is 18.0 Å². The number of methoxy groups -OCH3 is 1. The molecule has 4 heteroatoms. The highest BCUT2D eigenvalue weighted by atomic mass is 32.1. The van der Waals surface area contributed by atoms with E-state index >= 15 is 0 Å². The van der Waals surface area contributed by atoms with Crippen LogP contribution in [0.5, 0.6) is 5.75 Å². The molecule has 1 aromatic carbocycles. The van der Waals surface area contributed by atoms with Gasteiger partial charge in [0.25, 0.3) is 5.91 Å². The van der Waals surface area contributed by atoms with Gasteiger partial charge in [0.15, 0.2) is 0 Å². The second-order valence-electron chi connectivity index (χ2n) is 5.40. The molecule has 0 spiro atoms. The highest BCUT2D eigenvalue weighted by Crippen LogP contribution is 2.25. The van der Waals surface area contributed by atoms with Crippen LogP contribution < -0.4 is 10.1 Å². The summed E-state index contributed by atoms with van der Waals surface area (Å²) in [5.41, 5.74) is 2.11. The van der Waals surface area contributed by atoms with E-state index in [4.69, 9.17) is 4.74 Å². The Kier molecular flexibility index (Phi) is 5.02. The third kappa shape index (κ3) is 3.64. The van der Waals surface area contributed by atoms with E-state index in [0.717, 1.165) is 21.8 Å². The Hall–Kier alpha value is -1.81. The molecule has 2 aromatic rings. The summed E-state index contributed by atoms with van der Waals surface area (Å²) >= 11 is 1.48. The standard InChI is InChI=1S/C17H21NO2S/c1-11(2)15(13-5-7-14(20-4)8-6-13)18-17(19)16-12(3)9-10-21-16/h5-11,15H,1-4H3,(H,18,19). The number of hydrogen-bond acceptors (Lipinski definition) is 3. The molecule has 0 aliphatic rings. The van der Waals surface area contributed by atoms with Gasteiger partial charge in [0, 0.05) is 0 Å². The molecule has 0 saturated carbocycles. The van der Waals surface area contributed by atoms with Crippen molar-refractivity contribution < 1.29 is 9.53 Å². The molecule has 1 unspecified atom stereocenters. The first kappa shape index (κ1) is 15.6. The number of aryl methyl sites for hydroxylation is 1. The van der Waals surface area contributed by atoms with Crippen molar-refractivity contribution >= 4 is 17.2 Å². The molecule has 0 aliphatic carbocycles. The van der Waals surface area contributed by atoms with Crippen molar-refractivity contribution in [2.75, 3.05) is 7.11 Å². The second-order valence-corrected chi connectivity index (χ2v) is 6.32. The number of rotatable bonds is 5. The highest BCUT2D eigenvalue weighted by molar-refractivity contribution is 7.12. The number of carbonyl (C=O) groups excluding carboxylic acids is 1. The van der Waals surface area contributed by atoms with Crippen molar-refractivity contribution in [3.05, 3.63) is 51.7 Å². The summed E-state index contributed by atoms with van der Waals surface area (Å²) in [4.78, 5) is 13.2. The highest BCUT2D eigenvalue weighted by Gasteiger charge is 2.20. The fourth-order valence-electron chi connectivity index (χ4n) is 2.26. The van der Waals surface area contributed by atoms with Crippen molar-refractivity contribution in [3.8, 4) is 5.75 Å². The van der Waals surface area contributed by atoms with Gasteiger partial charge in [-0.3, -0.25) is 4.79 Å². The maximum Gasteiger partial charge on any atom is 0.262 e. The Balaban J connectivity index is 2.19. The smallest absolute Gasteiger partial charge is 0.262 e. The zero-order valence-corrected chi connectivity index (χ0v) is 13.7. The lowest BCUT2D eigenvalue weighted by atomic mass is 9.96. The summed E-state index contributed by atoms with van der Waals surface area (Å²) in [5, 5.41) is 5.09. The third-order valence-electron chi connectivity index (χ3n) is 3.50. The van der Waals surface area contributed by atoms with Crippen LogP contribution in [0.4, 0.5) is 0 Å². The van der Waals surface area contributed by atoms with E-state index in [-0.39, 0.29) is 11.9 Å². The number of hydrogen-bond donors (Lipinski definition) is 1. The minimum absolute atomic E-state index is 0.00276. The number of ether oxygens (including phenoxy) is 1. The molecule has 2 rings (SSSR count). The van der Waals surface area contributed by atoms with E-state index in [1.807, 2.05) is 42.6 Å². The van der Waals surface area contributed by atoms with Crippen LogP contribution in [0.15, 0.2) is 35.7 Å². The molecule has 21 heavy (non-hydrogen) atoms. The van der Waals surface area contributed by atoms with E-state index < -0.39 is 0 Å². The molecular formula is C17H21NO2S. The summed E-state index contributed by atoms with van der Waals surface area (Å²) in [6.45, 7) is 6.18. The fourth-order valence-corrected chi connectivity index (χ4v) is 3.09. The molecule has 0 bridgehead atoms. The number of thiophene rings is 1. The van der Waals surface area contributed by atoms with Crippen LogP contribution in [-0.4, -0.2) is 13.0 Å². The zero-order valence-electron chi connectivity index (χ0n) is 12.8. The van der Waals surface area contributed by atoms with E-state index in [2.05, 4.69) is 19.2 Å². The maximum absolute atomic E-state index is 12.4. The van der Waals surface area contributed by atoms with Gasteiger partial charge < -0.3 is 10.1 Å². The lowest BCUT2D eigenvalue weighted by molar-refractivity contribution is 0.0929. The third-order valence-corrected chi connectivity index (χ3v) is 4.51. The lowest BCUT2D eigenvalue weighted by Gasteiger charge is -2.23. The van der Waals surface area contributed by atoms with Crippen molar-refractivity contribution in [3.63, 3.8) is 0 Å². The molecule has 112 valence electrons. The molecule has 1 N–H and O–H groups in total. The minimum atomic E-state index is -0.00935. The van der Waals surface area contributed by atoms with Crippen LogP contribution in [0.3, 0.4) is 0 Å². The largest absolute Gasteiger partial charge is 0.497 e. The van der Waals surface area contributed by atoms with E-state index in [1.54, 1.807) is 7.11 Å². The van der Waals surface area contributed by atoms with Crippen molar-refractivity contribution in [1.29, 1.82) is 0 Å². The molecule has 1 amide bonds. The normalized spacial score (nSPS) is 12.2. The topological polar surface area (TPSA) is 38.3 Å². The summed E-state index contributed by atoms with van der Waals surface area (Å²) in [7, 11) is 1.65. The van der Waals surface area contributed by atoms with Gasteiger partial charge in [0.2, 0.25) is 0 Å². The number of amides is 1. The maximum atomic E-state index is 12.4. The Labute approximate surface area is 130 Å². The van der Waals surface area contributed by atoms with Crippen LogP contribution in [0, 0.1) is 12.8 Å². The number of benzene rings is 1. The first-order valence-corrected chi connectivity index (χ1v) is 7.89. The van der Waals surface area contributed by atoms with Gasteiger partial charge in [-0.05, 0) is 47.5 Å². The molecule has 0 radical (unpaired) electrons. The molecule has 0 fully saturated rings. The Morgan fingerprint density at radius 2 is 1.86 bits per heavy atom. The number of nitrogens with one attached hydrogen (secondary N) is 1. The van der Waals surface area contributed by atoms with Crippen molar-refractivity contribution in [2.45, 2.75) is 26.8 Å². The van der Waals surface area contributed by atoms with E-state index in [9.17, 15) is 4.79 Å². The fraction of sp³-hybridized carbons (Fsp3) is 0.353. The quantitative estimate of drug-likeness (QED) is 0.899. The summed E-state index contributed by atoms with van der Waals surface area (Å²) in [6, 6.07) is 9.82. The van der Waals surface area contributed by atoms with Gasteiger partial charge in [-0.15, -0.1) is 11.3 Å². The molecule has 1 atom stereocenters. The van der Waals surface area contributed by atoms with Crippen LogP contribution >= 0.6 is 11.3 Å². The Morgan fingerprint density at radius 3 is 2.33 bits per heavy atom. The van der Waals surface area contributed by atoms with Crippen molar-refractivity contribution in [1.82, 2.24) is 5.32 Å². The van der Waals surface area contributed by atoms with E-state index in [0.29, 0.717) is 5.92 Å². The molecule has 3 nitrogen and oxygen atoms in total. The summed E-state index contributed by atoms with van der Waals surface area (Å²) < 4.78 is 5.18. The predicted octanol–water partition coefficient (Wildman–Crippen LogP) is 4.19. The average molecular weight is 303 g/mol. The number of carbonyl (C=O) groups is 1. The molecule has 0 aliphatic heterocycles. The van der Waals surface area contributed by atoms with E-state index in [1.165, 1.54) is 11.3 Å². The summed E-state index contributed by atoms with van der Waals surface area (Å²) in [6.07, 6.45) is 0. The first-order chi connectivity index (χ1) is 10.0. The minimum Gasteiger partial charge on any atom is -0.497 e. The van der Waals surface area contributed by atoms with Gasteiger partial charge in [-0.1, -0.05) is 26.0 Å². The zero-order chi connectivity index (χ0) is 15.4. The first-order valence-electron chi connectivity index (χ1n) is 7.02. The van der Waals surface area contributed by atoms with Gasteiger partial charge in [0.1, 0.15) is 5.75 Å². The Bertz CT molecular complexity index is 602. The lowest BCUT2D eigenvalue weighted by Crippen LogP contribution is -2.31. The predicted molar refractivity (Wildman–Crippen MR) is 87.1 cm³/mol. The van der Waals surface area contributed by atoms with Crippen LogP contribution in [0.1, 0.15) is 40.7 Å². The molecule has 0 saturated heterocycles. The molecule has 1 heterocycles. The van der Waals surface area contributed by atoms with Gasteiger partial charge >= 0.3 is 0 Å². The molecule has 1 aromatic heterocycles. The monoisotopic (exact) mass is 303 g/mol.